The first-order chi connectivity index (χ1) is 19.8. The Morgan fingerprint density at radius 2 is 1.88 bits per heavy atom. The number of carbonyl (C=O) groups excluding carboxylic acids is 3. The minimum atomic E-state index is -1.22. The van der Waals surface area contributed by atoms with Crippen LogP contribution in [-0.4, -0.2) is 81.5 Å². The molecule has 0 radical (unpaired) electrons. The zero-order valence-electron chi connectivity index (χ0n) is 25.0. The minimum Gasteiger partial charge on any atom is -0.436 e. The van der Waals surface area contributed by atoms with E-state index < -0.39 is 29.5 Å². The number of pyridine rings is 2. The molecule has 2 N–H and O–H groups in total. The molecule has 0 fully saturated rings. The molecule has 0 aliphatic heterocycles. The number of H-pyrrole nitrogens is 1. The highest BCUT2D eigenvalue weighted by molar-refractivity contribution is 5.95. The maximum absolute atomic E-state index is 14.5. The summed E-state index contributed by atoms with van der Waals surface area (Å²) in [6.45, 7) is 5.79. The lowest BCUT2D eigenvalue weighted by molar-refractivity contribution is -0.125. The topological polar surface area (TPSA) is 143 Å². The van der Waals surface area contributed by atoms with Gasteiger partial charge >= 0.3 is 6.09 Å². The number of allylic oxidation sites excluding steroid dienone is 1. The number of aromatic nitrogens is 4. The number of aryl methyl sites for hydroxylation is 1. The summed E-state index contributed by atoms with van der Waals surface area (Å²) in [6.07, 6.45) is 3.13. The number of halogens is 1. The molecule has 42 heavy (non-hydrogen) atoms. The van der Waals surface area contributed by atoms with Crippen LogP contribution in [0.5, 0.6) is 0 Å². The van der Waals surface area contributed by atoms with Crippen molar-refractivity contribution in [1.82, 2.24) is 29.3 Å². The lowest BCUT2D eigenvalue weighted by Gasteiger charge is -2.20. The molecule has 3 amide bonds. The molecule has 0 bridgehead atoms. The monoisotopic (exact) mass is 583 g/mol. The number of amides is 3. The molecule has 3 rings (SSSR count). The molecule has 0 aliphatic carbocycles. The molecule has 13 heteroatoms. The number of hydrogen-bond acceptors (Lipinski definition) is 7. The van der Waals surface area contributed by atoms with Crippen LogP contribution in [0.2, 0.25) is 0 Å². The second-order valence-electron chi connectivity index (χ2n) is 10.8. The van der Waals surface area contributed by atoms with E-state index in [-0.39, 0.29) is 36.5 Å². The van der Waals surface area contributed by atoms with E-state index in [1.54, 1.807) is 33.2 Å². The fraction of sp³-hybridized carbons (Fsp3) is 0.448. The molecule has 0 aromatic carbocycles. The fourth-order valence-corrected chi connectivity index (χ4v) is 4.06. The third-order valence-corrected chi connectivity index (χ3v) is 6.36. The summed E-state index contributed by atoms with van der Waals surface area (Å²) in [5, 5.41) is 2.57. The Morgan fingerprint density at radius 3 is 2.52 bits per heavy atom. The van der Waals surface area contributed by atoms with E-state index in [0.29, 0.717) is 35.1 Å². The van der Waals surface area contributed by atoms with Crippen LogP contribution in [-0.2, 0) is 27.3 Å². The highest BCUT2D eigenvalue weighted by Gasteiger charge is 2.25. The molecule has 0 aliphatic rings. The Morgan fingerprint density at radius 1 is 1.17 bits per heavy atom. The van der Waals surface area contributed by atoms with Gasteiger partial charge in [-0.25, -0.2) is 14.2 Å². The van der Waals surface area contributed by atoms with Crippen LogP contribution < -0.4 is 10.9 Å². The van der Waals surface area contributed by atoms with Crippen LogP contribution >= 0.6 is 0 Å². The van der Waals surface area contributed by atoms with Gasteiger partial charge in [-0.15, -0.1) is 0 Å². The third-order valence-electron chi connectivity index (χ3n) is 6.36. The Labute approximate surface area is 243 Å². The van der Waals surface area contributed by atoms with Crippen molar-refractivity contribution >= 4 is 34.6 Å². The lowest BCUT2D eigenvalue weighted by atomic mass is 10.1. The van der Waals surface area contributed by atoms with Gasteiger partial charge in [0, 0.05) is 33.9 Å². The average molecular weight is 584 g/mol. The van der Waals surface area contributed by atoms with Crippen molar-refractivity contribution in [3.8, 4) is 0 Å². The van der Waals surface area contributed by atoms with Crippen LogP contribution in [0.15, 0.2) is 35.3 Å². The third kappa shape index (κ3) is 8.02. The summed E-state index contributed by atoms with van der Waals surface area (Å²) in [4.78, 5) is 64.9. The van der Waals surface area contributed by atoms with Gasteiger partial charge in [0.05, 0.1) is 24.0 Å². The maximum Gasteiger partial charge on any atom is 0.410 e. The van der Waals surface area contributed by atoms with E-state index in [1.165, 1.54) is 40.6 Å². The smallest absolute Gasteiger partial charge is 0.410 e. The number of ether oxygens (including phenoxy) is 1. The molecule has 0 spiro atoms. The SMILES string of the molecule is Cc1ccc(NC(=O)C(CCC=CC(=O)N(C)C)OC(=O)N(C)C)c(=O)n1Cc1nc2c(F)cnc(CC(C)C)c2[nH]1. The molecule has 3 aromatic rings. The quantitative estimate of drug-likeness (QED) is 0.330. The number of carbonyl (C=O) groups is 3. The van der Waals surface area contributed by atoms with Gasteiger partial charge in [-0.1, -0.05) is 19.9 Å². The Hall–Kier alpha value is -4.55. The van der Waals surface area contributed by atoms with Gasteiger partial charge in [-0.2, -0.15) is 0 Å². The average Bonchev–Trinajstić information content (AvgIpc) is 3.36. The number of nitrogens with zero attached hydrogens (tertiary/aromatic N) is 5. The second kappa shape index (κ2) is 13.9. The van der Waals surface area contributed by atoms with Crippen LogP contribution in [0.4, 0.5) is 14.9 Å². The van der Waals surface area contributed by atoms with Crippen molar-refractivity contribution in [1.29, 1.82) is 0 Å². The summed E-state index contributed by atoms with van der Waals surface area (Å²) in [6, 6.07) is 3.12. The summed E-state index contributed by atoms with van der Waals surface area (Å²) in [5.41, 5.74) is 1.37. The molecular weight excluding hydrogens is 545 g/mol. The standard InChI is InChI=1S/C29H38FN7O5/c1-17(2)14-21-26-25(19(30)15-31-21)33-23(34-26)16-37-18(3)12-13-20(28(37)40)32-27(39)22(42-29(41)36(6)7)10-8-9-11-24(38)35(4)5/h9,11-13,15,17,22H,8,10,14,16H2,1-7H3,(H,32,39)(H,33,34). The molecular formula is C29H38FN7O5. The fourth-order valence-electron chi connectivity index (χ4n) is 4.06. The van der Waals surface area contributed by atoms with Gasteiger partial charge in [0.15, 0.2) is 11.9 Å². The van der Waals surface area contributed by atoms with Gasteiger partial charge < -0.3 is 29.4 Å². The van der Waals surface area contributed by atoms with E-state index in [4.69, 9.17) is 4.74 Å². The molecule has 3 heterocycles. The number of fused-ring (bicyclic) bond motifs is 1. The summed E-state index contributed by atoms with van der Waals surface area (Å²) in [5.74, 6) is -0.835. The normalized spacial score (nSPS) is 12.1. The highest BCUT2D eigenvalue weighted by atomic mass is 19.1. The number of rotatable bonds is 11. The van der Waals surface area contributed by atoms with Crippen LogP contribution in [0.1, 0.15) is 43.9 Å². The van der Waals surface area contributed by atoms with Gasteiger partial charge in [-0.05, 0) is 50.3 Å². The van der Waals surface area contributed by atoms with Gasteiger partial charge in [0.1, 0.15) is 17.0 Å². The van der Waals surface area contributed by atoms with E-state index >= 15 is 0 Å². The van der Waals surface area contributed by atoms with Gasteiger partial charge in [-0.3, -0.25) is 19.4 Å². The molecule has 3 aromatic heterocycles. The zero-order chi connectivity index (χ0) is 31.1. The molecule has 226 valence electrons. The van der Waals surface area contributed by atoms with Crippen LogP contribution in [0, 0.1) is 18.7 Å². The predicted octanol–water partition coefficient (Wildman–Crippen LogP) is 3.24. The van der Waals surface area contributed by atoms with Crippen molar-refractivity contribution in [3.63, 3.8) is 0 Å². The van der Waals surface area contributed by atoms with E-state index in [0.717, 1.165) is 6.20 Å². The number of anilines is 1. The first-order valence-corrected chi connectivity index (χ1v) is 13.6. The van der Waals surface area contributed by atoms with Gasteiger partial charge in [0.2, 0.25) is 5.91 Å². The molecule has 1 unspecified atom stereocenters. The molecule has 0 saturated carbocycles. The van der Waals surface area contributed by atoms with Gasteiger partial charge in [0.25, 0.3) is 11.5 Å². The lowest BCUT2D eigenvalue weighted by Crippen LogP contribution is -2.38. The summed E-state index contributed by atoms with van der Waals surface area (Å²) >= 11 is 0. The van der Waals surface area contributed by atoms with Crippen molar-refractivity contribution < 1.29 is 23.5 Å². The minimum absolute atomic E-state index is 0.00659. The number of hydrogen-bond donors (Lipinski definition) is 2. The predicted molar refractivity (Wildman–Crippen MR) is 157 cm³/mol. The maximum atomic E-state index is 14.5. The van der Waals surface area contributed by atoms with E-state index in [1.807, 2.05) is 13.8 Å². The molecule has 1 atom stereocenters. The number of aromatic amines is 1. The van der Waals surface area contributed by atoms with Crippen molar-refractivity contribution in [3.05, 3.63) is 63.9 Å². The van der Waals surface area contributed by atoms with Crippen LogP contribution in [0.3, 0.4) is 0 Å². The Kier molecular flexibility index (Phi) is 10.6. The zero-order valence-corrected chi connectivity index (χ0v) is 25.0. The first kappa shape index (κ1) is 32.0. The van der Waals surface area contributed by atoms with Crippen molar-refractivity contribution in [2.75, 3.05) is 33.5 Å². The molecule has 12 nitrogen and oxygen atoms in total. The van der Waals surface area contributed by atoms with Crippen molar-refractivity contribution in [2.24, 2.45) is 5.92 Å². The number of nitrogens with one attached hydrogen (secondary N) is 2. The molecule has 0 saturated heterocycles. The highest BCUT2D eigenvalue weighted by Crippen LogP contribution is 2.21. The van der Waals surface area contributed by atoms with Crippen molar-refractivity contribution in [2.45, 2.75) is 52.7 Å². The number of imidazole rings is 1. The van der Waals surface area contributed by atoms with E-state index in [2.05, 4.69) is 20.3 Å². The number of likely N-dealkylation sites (N-methyl/N-ethyl adjacent to an activating group) is 1. The second-order valence-corrected chi connectivity index (χ2v) is 10.8. The Balaban J connectivity index is 1.85. The summed E-state index contributed by atoms with van der Waals surface area (Å²) in [7, 11) is 6.20. The Bertz CT molecular complexity index is 1540. The first-order valence-electron chi connectivity index (χ1n) is 13.6. The van der Waals surface area contributed by atoms with E-state index in [9.17, 15) is 23.6 Å². The van der Waals surface area contributed by atoms with Crippen LogP contribution in [0.25, 0.3) is 11.0 Å². The summed E-state index contributed by atoms with van der Waals surface area (Å²) < 4.78 is 21.3. The largest absolute Gasteiger partial charge is 0.436 e.